The molecular formula is C17H12N3O+. The van der Waals surface area contributed by atoms with E-state index in [0.717, 1.165) is 22.5 Å². The number of benzene rings is 2. The predicted molar refractivity (Wildman–Crippen MR) is 78.3 cm³/mol. The second-order valence-electron chi connectivity index (χ2n) is 4.72. The Labute approximate surface area is 121 Å². The van der Waals surface area contributed by atoms with Gasteiger partial charge < -0.3 is 0 Å². The maximum Gasteiger partial charge on any atom is 0.349 e. The zero-order valence-corrected chi connectivity index (χ0v) is 11.2. The van der Waals surface area contributed by atoms with Gasteiger partial charge in [-0.3, -0.25) is 0 Å². The van der Waals surface area contributed by atoms with Crippen LogP contribution in [0.25, 0.3) is 28.2 Å². The Hall–Kier alpha value is -3.01. The van der Waals surface area contributed by atoms with Crippen molar-refractivity contribution in [3.63, 3.8) is 0 Å². The van der Waals surface area contributed by atoms with E-state index >= 15 is 0 Å². The molecular weight excluding hydrogens is 262 g/mol. The molecule has 4 rings (SSSR count). The highest BCUT2D eigenvalue weighted by Crippen LogP contribution is 2.21. The Kier molecular flexibility index (Phi) is 2.71. The molecule has 0 aliphatic heterocycles. The zero-order chi connectivity index (χ0) is 14.1. The first-order valence-corrected chi connectivity index (χ1v) is 6.71. The number of fused-ring (bicyclic) bond motifs is 1. The highest BCUT2D eigenvalue weighted by Gasteiger charge is 2.21. The Bertz CT molecular complexity index is 886. The Morgan fingerprint density at radius 1 is 0.762 bits per heavy atom. The summed E-state index contributed by atoms with van der Waals surface area (Å²) in [7, 11) is 0. The van der Waals surface area contributed by atoms with Crippen LogP contribution >= 0.6 is 0 Å². The minimum Gasteiger partial charge on any atom is -0.134 e. The molecule has 0 amide bonds. The lowest BCUT2D eigenvalue weighted by Gasteiger charge is -1.95. The average molecular weight is 274 g/mol. The standard InChI is InChI=1S/C17H12N3O/c1-3-7-13(8-4-1)15-11-12-20-17(18-15)16(19-21-20)14-9-5-2-6-10-14/h1-12H/q+1. The maximum absolute atomic E-state index is 5.30. The summed E-state index contributed by atoms with van der Waals surface area (Å²) in [5.41, 5.74) is 4.41. The van der Waals surface area contributed by atoms with Gasteiger partial charge >= 0.3 is 5.65 Å². The van der Waals surface area contributed by atoms with Crippen LogP contribution in [0, 0.1) is 0 Å². The van der Waals surface area contributed by atoms with Gasteiger partial charge in [0.15, 0.2) is 0 Å². The van der Waals surface area contributed by atoms with E-state index in [2.05, 4.69) is 10.1 Å². The fraction of sp³-hybridized carbons (Fsp3) is 0. The largest absolute Gasteiger partial charge is 0.349 e. The van der Waals surface area contributed by atoms with Crippen molar-refractivity contribution in [2.45, 2.75) is 0 Å². The molecule has 0 bridgehead atoms. The lowest BCUT2D eigenvalue weighted by molar-refractivity contribution is -0.730. The van der Waals surface area contributed by atoms with Crippen LogP contribution < -0.4 is 4.57 Å². The van der Waals surface area contributed by atoms with E-state index in [9.17, 15) is 0 Å². The molecule has 2 aromatic carbocycles. The van der Waals surface area contributed by atoms with Crippen molar-refractivity contribution >= 4 is 5.65 Å². The van der Waals surface area contributed by atoms with Crippen molar-refractivity contribution in [3.8, 4) is 22.5 Å². The van der Waals surface area contributed by atoms with Crippen molar-refractivity contribution in [2.75, 3.05) is 0 Å². The molecule has 0 saturated carbocycles. The number of nitrogens with zero attached hydrogens (tertiary/aromatic N) is 3. The van der Waals surface area contributed by atoms with Crippen molar-refractivity contribution in [3.05, 3.63) is 72.9 Å². The molecule has 4 aromatic rings. The van der Waals surface area contributed by atoms with E-state index in [1.165, 1.54) is 0 Å². The van der Waals surface area contributed by atoms with E-state index in [-0.39, 0.29) is 0 Å². The molecule has 100 valence electrons. The second kappa shape index (κ2) is 4.83. The van der Waals surface area contributed by atoms with E-state index < -0.39 is 0 Å². The van der Waals surface area contributed by atoms with Gasteiger partial charge in [0.1, 0.15) is 11.9 Å². The molecule has 0 saturated heterocycles. The lowest BCUT2D eigenvalue weighted by atomic mass is 10.1. The Morgan fingerprint density at radius 2 is 1.43 bits per heavy atom. The van der Waals surface area contributed by atoms with Gasteiger partial charge in [-0.1, -0.05) is 65.6 Å². The van der Waals surface area contributed by atoms with Gasteiger partial charge in [-0.2, -0.15) is 0 Å². The van der Waals surface area contributed by atoms with Crippen LogP contribution in [0.2, 0.25) is 0 Å². The van der Waals surface area contributed by atoms with Crippen LogP contribution in [-0.4, -0.2) is 10.1 Å². The molecule has 0 fully saturated rings. The van der Waals surface area contributed by atoms with E-state index in [1.54, 1.807) is 4.57 Å². The highest BCUT2D eigenvalue weighted by atomic mass is 16.6. The van der Waals surface area contributed by atoms with Gasteiger partial charge in [0.05, 0.1) is 5.16 Å². The van der Waals surface area contributed by atoms with Crippen LogP contribution in [0.5, 0.6) is 0 Å². The molecule has 4 heteroatoms. The summed E-state index contributed by atoms with van der Waals surface area (Å²) in [6.07, 6.45) is 1.84. The average Bonchev–Trinajstić information content (AvgIpc) is 2.99. The minimum absolute atomic E-state index is 0.711. The van der Waals surface area contributed by atoms with Crippen LogP contribution in [-0.2, 0) is 0 Å². The molecule has 0 atom stereocenters. The quantitative estimate of drug-likeness (QED) is 0.527. The molecule has 0 aliphatic carbocycles. The number of rotatable bonds is 2. The van der Waals surface area contributed by atoms with Gasteiger partial charge in [0.2, 0.25) is 0 Å². The van der Waals surface area contributed by atoms with Gasteiger partial charge in [0, 0.05) is 17.2 Å². The molecule has 0 aliphatic rings. The third-order valence-electron chi connectivity index (χ3n) is 3.35. The molecule has 0 spiro atoms. The summed E-state index contributed by atoms with van der Waals surface area (Å²) in [5.74, 6) is 0. The molecule has 2 heterocycles. The molecule has 21 heavy (non-hydrogen) atoms. The van der Waals surface area contributed by atoms with E-state index in [4.69, 9.17) is 4.63 Å². The van der Waals surface area contributed by atoms with Gasteiger partial charge in [-0.05, 0) is 4.57 Å². The van der Waals surface area contributed by atoms with Crippen molar-refractivity contribution in [1.82, 2.24) is 10.1 Å². The first kappa shape index (κ1) is 11.8. The summed E-state index contributed by atoms with van der Waals surface area (Å²) < 4.78 is 6.88. The van der Waals surface area contributed by atoms with Crippen molar-refractivity contribution in [2.24, 2.45) is 0 Å². The molecule has 4 nitrogen and oxygen atoms in total. The third kappa shape index (κ3) is 2.07. The summed E-state index contributed by atoms with van der Waals surface area (Å²) in [5, 5.41) is 4.13. The topological polar surface area (TPSA) is 43.0 Å². The zero-order valence-electron chi connectivity index (χ0n) is 11.2. The van der Waals surface area contributed by atoms with Crippen LogP contribution in [0.1, 0.15) is 0 Å². The SMILES string of the molecule is c1ccc(-c2cc[n+]3onc(-c4ccccc4)c3n2)cc1. The fourth-order valence-electron chi connectivity index (χ4n) is 2.31. The summed E-state index contributed by atoms with van der Waals surface area (Å²) in [6, 6.07) is 21.9. The summed E-state index contributed by atoms with van der Waals surface area (Å²) in [4.78, 5) is 4.69. The smallest absolute Gasteiger partial charge is 0.134 e. The minimum atomic E-state index is 0.711. The van der Waals surface area contributed by atoms with Gasteiger partial charge in [-0.15, -0.1) is 4.63 Å². The molecule has 0 unspecified atom stereocenters. The first-order chi connectivity index (χ1) is 10.4. The first-order valence-electron chi connectivity index (χ1n) is 6.71. The van der Waals surface area contributed by atoms with Crippen LogP contribution in [0.15, 0.2) is 77.6 Å². The monoisotopic (exact) mass is 274 g/mol. The normalized spacial score (nSPS) is 10.9. The lowest BCUT2D eigenvalue weighted by Crippen LogP contribution is -2.18. The maximum atomic E-state index is 5.30. The predicted octanol–water partition coefficient (Wildman–Crippen LogP) is 3.14. The Balaban J connectivity index is 1.91. The third-order valence-corrected chi connectivity index (χ3v) is 3.35. The van der Waals surface area contributed by atoms with Gasteiger partial charge in [0.25, 0.3) is 5.69 Å². The fourth-order valence-corrected chi connectivity index (χ4v) is 2.31. The second-order valence-corrected chi connectivity index (χ2v) is 4.72. The van der Waals surface area contributed by atoms with Gasteiger partial charge in [-0.25, -0.2) is 0 Å². The Morgan fingerprint density at radius 3 is 2.14 bits per heavy atom. The van der Waals surface area contributed by atoms with Crippen molar-refractivity contribution in [1.29, 1.82) is 0 Å². The highest BCUT2D eigenvalue weighted by molar-refractivity contribution is 5.72. The van der Waals surface area contributed by atoms with Crippen molar-refractivity contribution < 1.29 is 9.20 Å². The van der Waals surface area contributed by atoms with Crippen LogP contribution in [0.4, 0.5) is 0 Å². The number of hydrogen-bond donors (Lipinski definition) is 0. The number of hydrogen-bond acceptors (Lipinski definition) is 3. The summed E-state index contributed by atoms with van der Waals surface area (Å²) >= 11 is 0. The molecule has 0 N–H and O–H groups in total. The summed E-state index contributed by atoms with van der Waals surface area (Å²) in [6.45, 7) is 0. The molecule has 2 aromatic heterocycles. The number of aromatic nitrogens is 3. The van der Waals surface area contributed by atoms with E-state index in [1.807, 2.05) is 72.9 Å². The van der Waals surface area contributed by atoms with E-state index in [0.29, 0.717) is 5.65 Å². The molecule has 0 radical (unpaired) electrons. The van der Waals surface area contributed by atoms with Crippen LogP contribution in [0.3, 0.4) is 0 Å².